The fraction of sp³-hybridized carbons (Fsp3) is 0.278. The van der Waals surface area contributed by atoms with E-state index in [1.54, 1.807) is 29.9 Å². The number of anilines is 1. The van der Waals surface area contributed by atoms with Crippen LogP contribution >= 0.6 is 0 Å². The van der Waals surface area contributed by atoms with Crippen LogP contribution in [0.25, 0.3) is 16.9 Å². The lowest BCUT2D eigenvalue weighted by molar-refractivity contribution is 0.0529. The molecule has 122 valence electrons. The number of likely N-dealkylation sites (N-methyl/N-ethyl adjacent to an activating group) is 1. The van der Waals surface area contributed by atoms with Gasteiger partial charge in [-0.05, 0) is 37.1 Å². The molecule has 0 unspecified atom stereocenters. The zero-order chi connectivity index (χ0) is 16.7. The Balaban J connectivity index is 1.90. The summed E-state index contributed by atoms with van der Waals surface area (Å²) in [7, 11) is 2.09. The SMILES string of the molecule is CCOC(=O)c1c(-c2ccc3c(c2)CCN3C)nn2cccnc12. The summed E-state index contributed by atoms with van der Waals surface area (Å²) in [6, 6.07) is 7.99. The van der Waals surface area contributed by atoms with E-state index in [9.17, 15) is 4.79 Å². The Hall–Kier alpha value is -2.89. The van der Waals surface area contributed by atoms with E-state index in [-0.39, 0.29) is 5.97 Å². The van der Waals surface area contributed by atoms with Gasteiger partial charge in [0.05, 0.1) is 6.61 Å². The van der Waals surface area contributed by atoms with Gasteiger partial charge in [-0.2, -0.15) is 5.10 Å². The van der Waals surface area contributed by atoms with Crippen molar-refractivity contribution in [1.82, 2.24) is 14.6 Å². The van der Waals surface area contributed by atoms with Crippen molar-refractivity contribution < 1.29 is 9.53 Å². The topological polar surface area (TPSA) is 59.7 Å². The number of benzene rings is 1. The molecule has 0 spiro atoms. The molecule has 3 aromatic rings. The number of ether oxygens (including phenoxy) is 1. The molecule has 0 saturated heterocycles. The quantitative estimate of drug-likeness (QED) is 0.694. The van der Waals surface area contributed by atoms with Gasteiger partial charge < -0.3 is 9.64 Å². The van der Waals surface area contributed by atoms with E-state index in [0.717, 1.165) is 18.5 Å². The zero-order valence-electron chi connectivity index (χ0n) is 13.7. The van der Waals surface area contributed by atoms with Gasteiger partial charge in [-0.1, -0.05) is 6.07 Å². The van der Waals surface area contributed by atoms with E-state index < -0.39 is 0 Å². The Morgan fingerprint density at radius 3 is 3.08 bits per heavy atom. The number of hydrogen-bond donors (Lipinski definition) is 0. The van der Waals surface area contributed by atoms with Crippen molar-refractivity contribution >= 4 is 17.3 Å². The Morgan fingerprint density at radius 2 is 2.25 bits per heavy atom. The van der Waals surface area contributed by atoms with E-state index in [1.807, 2.05) is 6.07 Å². The summed E-state index contributed by atoms with van der Waals surface area (Å²) in [6.07, 6.45) is 4.44. The van der Waals surface area contributed by atoms with Gasteiger partial charge in [-0.15, -0.1) is 0 Å². The highest BCUT2D eigenvalue weighted by Gasteiger charge is 2.24. The largest absolute Gasteiger partial charge is 0.462 e. The minimum absolute atomic E-state index is 0.317. The van der Waals surface area contributed by atoms with Crippen molar-refractivity contribution in [1.29, 1.82) is 0 Å². The lowest BCUT2D eigenvalue weighted by Crippen LogP contribution is -2.12. The summed E-state index contributed by atoms with van der Waals surface area (Å²) in [5.74, 6) is -0.390. The van der Waals surface area contributed by atoms with E-state index in [0.29, 0.717) is 23.5 Å². The summed E-state index contributed by atoms with van der Waals surface area (Å²) in [4.78, 5) is 19.0. The fourth-order valence-electron chi connectivity index (χ4n) is 3.19. The number of fused-ring (bicyclic) bond motifs is 2. The molecule has 1 aromatic carbocycles. The highest BCUT2D eigenvalue weighted by atomic mass is 16.5. The number of rotatable bonds is 3. The van der Waals surface area contributed by atoms with E-state index in [1.165, 1.54) is 11.3 Å². The Bertz CT molecular complexity index is 932. The van der Waals surface area contributed by atoms with Crippen molar-refractivity contribution in [3.63, 3.8) is 0 Å². The first-order chi connectivity index (χ1) is 11.7. The van der Waals surface area contributed by atoms with E-state index in [2.05, 4.69) is 34.2 Å². The zero-order valence-corrected chi connectivity index (χ0v) is 13.7. The predicted octanol–water partition coefficient (Wildman–Crippen LogP) is 2.57. The first-order valence-corrected chi connectivity index (χ1v) is 8.04. The molecule has 0 saturated carbocycles. The van der Waals surface area contributed by atoms with E-state index >= 15 is 0 Å². The number of carbonyl (C=O) groups is 1. The third-order valence-corrected chi connectivity index (χ3v) is 4.36. The normalized spacial score (nSPS) is 13.3. The van der Waals surface area contributed by atoms with Crippen LogP contribution in [-0.2, 0) is 11.2 Å². The first kappa shape index (κ1) is 14.7. The molecule has 0 fully saturated rings. The lowest BCUT2D eigenvalue weighted by Gasteiger charge is -2.12. The van der Waals surface area contributed by atoms with Crippen LogP contribution in [0.15, 0.2) is 36.7 Å². The molecule has 6 nitrogen and oxygen atoms in total. The van der Waals surface area contributed by atoms with Crippen molar-refractivity contribution in [3.8, 4) is 11.3 Å². The summed E-state index contributed by atoms with van der Waals surface area (Å²) in [6.45, 7) is 3.12. The molecule has 6 heteroatoms. The van der Waals surface area contributed by atoms with Crippen LogP contribution in [0.3, 0.4) is 0 Å². The van der Waals surface area contributed by atoms with Crippen molar-refractivity contribution in [2.75, 3.05) is 25.1 Å². The van der Waals surface area contributed by atoms with Gasteiger partial charge in [-0.25, -0.2) is 14.3 Å². The average molecular weight is 322 g/mol. The van der Waals surface area contributed by atoms with Gasteiger partial charge in [0, 0.05) is 37.2 Å². The molecule has 0 aliphatic carbocycles. The fourth-order valence-corrected chi connectivity index (χ4v) is 3.19. The number of aromatic nitrogens is 3. The maximum atomic E-state index is 12.5. The Labute approximate surface area is 139 Å². The molecule has 0 bridgehead atoms. The number of hydrogen-bond acceptors (Lipinski definition) is 5. The van der Waals surface area contributed by atoms with Gasteiger partial charge in [0.1, 0.15) is 11.3 Å². The van der Waals surface area contributed by atoms with Gasteiger partial charge in [0.2, 0.25) is 0 Å². The molecule has 0 radical (unpaired) electrons. The van der Waals surface area contributed by atoms with E-state index in [4.69, 9.17) is 4.74 Å². The highest BCUT2D eigenvalue weighted by Crippen LogP contribution is 2.33. The molecular formula is C18H18N4O2. The lowest BCUT2D eigenvalue weighted by atomic mass is 10.0. The third-order valence-electron chi connectivity index (χ3n) is 4.36. The van der Waals surface area contributed by atoms with Crippen molar-refractivity contribution in [3.05, 3.63) is 47.8 Å². The summed E-state index contributed by atoms with van der Waals surface area (Å²) in [5.41, 5.74) is 4.97. The van der Waals surface area contributed by atoms with Crippen LogP contribution in [-0.4, -0.2) is 40.8 Å². The summed E-state index contributed by atoms with van der Waals surface area (Å²) in [5, 5.41) is 4.57. The molecule has 24 heavy (non-hydrogen) atoms. The first-order valence-electron chi connectivity index (χ1n) is 8.04. The smallest absolute Gasteiger partial charge is 0.344 e. The van der Waals surface area contributed by atoms with Crippen molar-refractivity contribution in [2.24, 2.45) is 0 Å². The molecule has 0 N–H and O–H groups in total. The predicted molar refractivity (Wildman–Crippen MR) is 91.4 cm³/mol. The summed E-state index contributed by atoms with van der Waals surface area (Å²) >= 11 is 0. The molecule has 0 amide bonds. The maximum Gasteiger partial charge on any atom is 0.344 e. The van der Waals surface area contributed by atoms with Crippen LogP contribution in [0.4, 0.5) is 5.69 Å². The molecule has 2 aromatic heterocycles. The minimum atomic E-state index is -0.390. The second-order valence-electron chi connectivity index (χ2n) is 5.85. The minimum Gasteiger partial charge on any atom is -0.462 e. The average Bonchev–Trinajstić information content (AvgIpc) is 3.16. The third kappa shape index (κ3) is 2.22. The number of nitrogens with zero attached hydrogens (tertiary/aromatic N) is 4. The standard InChI is InChI=1S/C18H18N4O2/c1-3-24-18(23)15-16(20-22-9-4-8-19-17(15)22)13-5-6-14-12(11-13)7-10-21(14)2/h4-6,8-9,11H,3,7,10H2,1-2H3. The van der Waals surface area contributed by atoms with Crippen molar-refractivity contribution in [2.45, 2.75) is 13.3 Å². The van der Waals surface area contributed by atoms with Crippen LogP contribution in [0.5, 0.6) is 0 Å². The van der Waals surface area contributed by atoms with Gasteiger partial charge >= 0.3 is 5.97 Å². The second kappa shape index (κ2) is 5.63. The molecule has 1 aliphatic heterocycles. The Kier molecular flexibility index (Phi) is 3.45. The molecule has 3 heterocycles. The maximum absolute atomic E-state index is 12.5. The monoisotopic (exact) mass is 322 g/mol. The molecule has 0 atom stereocenters. The van der Waals surface area contributed by atoms with Gasteiger partial charge in [-0.3, -0.25) is 0 Å². The summed E-state index contributed by atoms with van der Waals surface area (Å²) < 4.78 is 6.85. The van der Waals surface area contributed by atoms with Crippen LogP contribution in [0.2, 0.25) is 0 Å². The molecular weight excluding hydrogens is 304 g/mol. The highest BCUT2D eigenvalue weighted by molar-refractivity contribution is 6.02. The van der Waals surface area contributed by atoms with Gasteiger partial charge in [0.15, 0.2) is 5.65 Å². The van der Waals surface area contributed by atoms with Crippen LogP contribution < -0.4 is 4.90 Å². The van der Waals surface area contributed by atoms with Gasteiger partial charge in [0.25, 0.3) is 0 Å². The number of carbonyl (C=O) groups excluding carboxylic acids is 1. The Morgan fingerprint density at radius 1 is 1.38 bits per heavy atom. The molecule has 1 aliphatic rings. The van der Waals surface area contributed by atoms with Crippen LogP contribution in [0.1, 0.15) is 22.8 Å². The number of esters is 1. The van der Waals surface area contributed by atoms with Crippen LogP contribution in [0, 0.1) is 0 Å². The molecule has 4 rings (SSSR count). The second-order valence-corrected chi connectivity index (χ2v) is 5.85.